The highest BCUT2D eigenvalue weighted by molar-refractivity contribution is 6.39. The molecule has 0 heterocycles. The van der Waals surface area contributed by atoms with Crippen molar-refractivity contribution in [1.29, 1.82) is 0 Å². The molecule has 0 aliphatic carbocycles. The van der Waals surface area contributed by atoms with Gasteiger partial charge >= 0.3 is 12.0 Å². The standard InChI is InChI=1S/C4H3F3O3/c5-4(6,7)3(10)2(9)1-8/h8H,1H2. The van der Waals surface area contributed by atoms with Crippen molar-refractivity contribution in [2.75, 3.05) is 6.61 Å². The SMILES string of the molecule is O=C(CO)C(=O)C(F)(F)F. The molecule has 0 radical (unpaired) electrons. The van der Waals surface area contributed by atoms with E-state index in [0.29, 0.717) is 0 Å². The Morgan fingerprint density at radius 3 is 1.80 bits per heavy atom. The van der Waals surface area contributed by atoms with Crippen molar-refractivity contribution in [2.24, 2.45) is 0 Å². The van der Waals surface area contributed by atoms with E-state index in [1.807, 2.05) is 0 Å². The second-order valence-corrected chi connectivity index (χ2v) is 1.41. The van der Waals surface area contributed by atoms with Gasteiger partial charge in [0.1, 0.15) is 6.61 Å². The lowest BCUT2D eigenvalue weighted by molar-refractivity contribution is -0.175. The summed E-state index contributed by atoms with van der Waals surface area (Å²) in [6.07, 6.45) is -5.17. The van der Waals surface area contributed by atoms with Gasteiger partial charge in [0.05, 0.1) is 0 Å². The van der Waals surface area contributed by atoms with Crippen molar-refractivity contribution in [1.82, 2.24) is 0 Å². The van der Waals surface area contributed by atoms with E-state index >= 15 is 0 Å². The molecule has 0 aliphatic heterocycles. The molecular formula is C4H3F3O3. The van der Waals surface area contributed by atoms with E-state index in [1.165, 1.54) is 0 Å². The fourth-order valence-corrected chi connectivity index (χ4v) is 0.230. The Kier molecular flexibility index (Phi) is 2.53. The van der Waals surface area contributed by atoms with Crippen LogP contribution in [-0.4, -0.2) is 29.5 Å². The summed E-state index contributed by atoms with van der Waals surface area (Å²) in [5.74, 6) is -4.36. The third kappa shape index (κ3) is 2.14. The second kappa shape index (κ2) is 2.78. The van der Waals surface area contributed by atoms with Gasteiger partial charge in [0, 0.05) is 0 Å². The Balaban J connectivity index is 4.24. The van der Waals surface area contributed by atoms with Gasteiger partial charge in [0.2, 0.25) is 5.78 Å². The van der Waals surface area contributed by atoms with E-state index in [1.54, 1.807) is 0 Å². The summed E-state index contributed by atoms with van der Waals surface area (Å²) in [6.45, 7) is -1.40. The molecule has 0 amide bonds. The summed E-state index contributed by atoms with van der Waals surface area (Å²) in [5.41, 5.74) is 0. The Morgan fingerprint density at radius 1 is 1.30 bits per heavy atom. The molecular weight excluding hydrogens is 153 g/mol. The Labute approximate surface area is 53.4 Å². The molecule has 0 rings (SSSR count). The lowest BCUT2D eigenvalue weighted by atomic mass is 10.3. The van der Waals surface area contributed by atoms with Crippen LogP contribution in [0, 0.1) is 0 Å². The number of alkyl halides is 3. The minimum atomic E-state index is -5.17. The Bertz CT molecular complexity index is 160. The highest BCUT2D eigenvalue weighted by Gasteiger charge is 2.42. The maximum Gasteiger partial charge on any atom is 0.458 e. The highest BCUT2D eigenvalue weighted by Crippen LogP contribution is 2.15. The first-order valence-electron chi connectivity index (χ1n) is 2.14. The quantitative estimate of drug-likeness (QED) is 0.557. The van der Waals surface area contributed by atoms with Crippen LogP contribution in [0.15, 0.2) is 0 Å². The minimum absolute atomic E-state index is 1.40. The summed E-state index contributed by atoms with van der Waals surface area (Å²) < 4.78 is 33.6. The number of carbonyl (C=O) groups is 2. The van der Waals surface area contributed by atoms with Crippen LogP contribution in [0.3, 0.4) is 0 Å². The van der Waals surface area contributed by atoms with Crippen molar-refractivity contribution in [2.45, 2.75) is 6.18 Å². The number of carbonyl (C=O) groups excluding carboxylic acids is 2. The van der Waals surface area contributed by atoms with E-state index in [9.17, 15) is 22.8 Å². The molecule has 58 valence electrons. The molecule has 3 nitrogen and oxygen atoms in total. The number of hydrogen-bond donors (Lipinski definition) is 1. The monoisotopic (exact) mass is 156 g/mol. The first kappa shape index (κ1) is 9.09. The predicted molar refractivity (Wildman–Crippen MR) is 23.2 cm³/mol. The van der Waals surface area contributed by atoms with Crippen molar-refractivity contribution < 1.29 is 27.9 Å². The first-order chi connectivity index (χ1) is 4.39. The molecule has 0 aliphatic rings. The summed E-state index contributed by atoms with van der Waals surface area (Å²) >= 11 is 0. The number of halogens is 3. The van der Waals surface area contributed by atoms with Crippen molar-refractivity contribution in [3.05, 3.63) is 0 Å². The van der Waals surface area contributed by atoms with Gasteiger partial charge in [-0.05, 0) is 0 Å². The number of ketones is 2. The summed E-state index contributed by atoms with van der Waals surface area (Å²) in [5, 5.41) is 7.80. The molecule has 0 aromatic heterocycles. The zero-order valence-corrected chi connectivity index (χ0v) is 4.60. The maximum absolute atomic E-state index is 11.2. The third-order valence-corrected chi connectivity index (χ3v) is 0.654. The largest absolute Gasteiger partial charge is 0.458 e. The van der Waals surface area contributed by atoms with Crippen molar-refractivity contribution in [3.63, 3.8) is 0 Å². The zero-order valence-electron chi connectivity index (χ0n) is 4.60. The minimum Gasteiger partial charge on any atom is -0.388 e. The fourth-order valence-electron chi connectivity index (χ4n) is 0.230. The third-order valence-electron chi connectivity index (χ3n) is 0.654. The van der Waals surface area contributed by atoms with Crippen molar-refractivity contribution in [3.8, 4) is 0 Å². The molecule has 0 atom stereocenters. The van der Waals surface area contributed by atoms with E-state index < -0.39 is 24.3 Å². The molecule has 0 aromatic rings. The van der Waals surface area contributed by atoms with Crippen LogP contribution in [0.2, 0.25) is 0 Å². The molecule has 0 bridgehead atoms. The smallest absolute Gasteiger partial charge is 0.388 e. The lowest BCUT2D eigenvalue weighted by Gasteiger charge is -2.00. The van der Waals surface area contributed by atoms with Crippen LogP contribution in [0.4, 0.5) is 13.2 Å². The van der Waals surface area contributed by atoms with Crippen LogP contribution < -0.4 is 0 Å². The summed E-state index contributed by atoms with van der Waals surface area (Å²) in [6, 6.07) is 0. The number of aliphatic hydroxyl groups is 1. The molecule has 1 N–H and O–H groups in total. The molecule has 0 saturated heterocycles. The molecule has 0 saturated carbocycles. The topological polar surface area (TPSA) is 54.4 Å². The maximum atomic E-state index is 11.2. The summed E-state index contributed by atoms with van der Waals surface area (Å²) in [4.78, 5) is 19.6. The number of hydrogen-bond acceptors (Lipinski definition) is 3. The van der Waals surface area contributed by atoms with Crippen LogP contribution in [-0.2, 0) is 9.59 Å². The average Bonchev–Trinajstić information content (AvgIpc) is 1.83. The molecule has 10 heavy (non-hydrogen) atoms. The van der Waals surface area contributed by atoms with Gasteiger partial charge in [-0.25, -0.2) is 0 Å². The number of aliphatic hydroxyl groups excluding tert-OH is 1. The van der Waals surface area contributed by atoms with Gasteiger partial charge in [-0.1, -0.05) is 0 Å². The predicted octanol–water partition coefficient (Wildman–Crippen LogP) is -0.321. The van der Waals surface area contributed by atoms with Crippen LogP contribution in [0.25, 0.3) is 0 Å². The van der Waals surface area contributed by atoms with Crippen LogP contribution in [0.1, 0.15) is 0 Å². The van der Waals surface area contributed by atoms with Gasteiger partial charge in [-0.15, -0.1) is 0 Å². The molecule has 0 fully saturated rings. The Hall–Kier alpha value is -0.910. The average molecular weight is 156 g/mol. The van der Waals surface area contributed by atoms with E-state index in [-0.39, 0.29) is 0 Å². The fraction of sp³-hybridized carbons (Fsp3) is 0.500. The normalized spacial score (nSPS) is 11.2. The van der Waals surface area contributed by atoms with Gasteiger partial charge in [0.15, 0.2) is 0 Å². The molecule has 0 spiro atoms. The number of Topliss-reactive ketones (excluding diaryl/α,β-unsaturated/α-hetero) is 2. The zero-order chi connectivity index (χ0) is 8.36. The van der Waals surface area contributed by atoms with Gasteiger partial charge in [-0.2, -0.15) is 13.2 Å². The molecule has 0 aromatic carbocycles. The van der Waals surface area contributed by atoms with E-state index in [0.717, 1.165) is 0 Å². The van der Waals surface area contributed by atoms with Gasteiger partial charge < -0.3 is 5.11 Å². The van der Waals surface area contributed by atoms with Crippen LogP contribution in [0.5, 0.6) is 0 Å². The number of rotatable bonds is 2. The van der Waals surface area contributed by atoms with Crippen LogP contribution >= 0.6 is 0 Å². The highest BCUT2D eigenvalue weighted by atomic mass is 19.4. The van der Waals surface area contributed by atoms with E-state index in [2.05, 4.69) is 0 Å². The van der Waals surface area contributed by atoms with Crippen molar-refractivity contribution >= 4 is 11.6 Å². The lowest BCUT2D eigenvalue weighted by Crippen LogP contribution is -2.32. The second-order valence-electron chi connectivity index (χ2n) is 1.41. The molecule has 0 unspecified atom stereocenters. The molecule has 6 heteroatoms. The summed E-state index contributed by atoms with van der Waals surface area (Å²) in [7, 11) is 0. The van der Waals surface area contributed by atoms with Gasteiger partial charge in [0.25, 0.3) is 0 Å². The first-order valence-corrected chi connectivity index (χ1v) is 2.14. The van der Waals surface area contributed by atoms with E-state index in [4.69, 9.17) is 5.11 Å². The Morgan fingerprint density at radius 2 is 1.70 bits per heavy atom. The van der Waals surface area contributed by atoms with Gasteiger partial charge in [-0.3, -0.25) is 9.59 Å².